The SMILES string of the molecule is Cc1cc(NCC2CCCC2CN)n2ncnc2c1. The van der Waals surface area contributed by atoms with Gasteiger partial charge in [-0.1, -0.05) is 6.42 Å². The van der Waals surface area contributed by atoms with Gasteiger partial charge in [-0.2, -0.15) is 9.61 Å². The fourth-order valence-corrected chi connectivity index (χ4v) is 3.11. The highest BCUT2D eigenvalue weighted by Gasteiger charge is 2.25. The summed E-state index contributed by atoms with van der Waals surface area (Å²) in [5.74, 6) is 2.38. The van der Waals surface area contributed by atoms with Crippen LogP contribution in [0, 0.1) is 18.8 Å². The molecule has 0 saturated heterocycles. The number of hydrogen-bond acceptors (Lipinski definition) is 4. The van der Waals surface area contributed by atoms with Crippen molar-refractivity contribution in [3.8, 4) is 0 Å². The van der Waals surface area contributed by atoms with Crippen molar-refractivity contribution in [2.45, 2.75) is 26.2 Å². The van der Waals surface area contributed by atoms with Crippen LogP contribution in [0.4, 0.5) is 5.82 Å². The molecule has 2 atom stereocenters. The van der Waals surface area contributed by atoms with Crippen molar-refractivity contribution in [3.05, 3.63) is 24.0 Å². The number of aromatic nitrogens is 3. The maximum atomic E-state index is 5.84. The van der Waals surface area contributed by atoms with Crippen LogP contribution in [0.25, 0.3) is 5.65 Å². The van der Waals surface area contributed by atoms with E-state index in [2.05, 4.69) is 28.4 Å². The minimum Gasteiger partial charge on any atom is -0.370 e. The first-order chi connectivity index (χ1) is 9.28. The van der Waals surface area contributed by atoms with Gasteiger partial charge in [0.1, 0.15) is 12.1 Å². The van der Waals surface area contributed by atoms with Gasteiger partial charge in [-0.25, -0.2) is 4.98 Å². The molecule has 0 aromatic carbocycles. The van der Waals surface area contributed by atoms with Crippen molar-refractivity contribution in [2.75, 3.05) is 18.4 Å². The smallest absolute Gasteiger partial charge is 0.157 e. The number of nitrogens with one attached hydrogen (secondary N) is 1. The molecule has 2 heterocycles. The number of aryl methyl sites for hydroxylation is 1. The minimum atomic E-state index is 0.670. The molecule has 2 aromatic heterocycles. The maximum Gasteiger partial charge on any atom is 0.157 e. The van der Waals surface area contributed by atoms with Crippen LogP contribution in [0.1, 0.15) is 24.8 Å². The largest absolute Gasteiger partial charge is 0.370 e. The molecule has 3 rings (SSSR count). The van der Waals surface area contributed by atoms with E-state index in [0.29, 0.717) is 11.8 Å². The third kappa shape index (κ3) is 2.42. The second-order valence-corrected chi connectivity index (χ2v) is 5.52. The van der Waals surface area contributed by atoms with E-state index in [1.807, 2.05) is 10.6 Å². The zero-order chi connectivity index (χ0) is 13.2. The molecule has 102 valence electrons. The Labute approximate surface area is 113 Å². The first-order valence-corrected chi connectivity index (χ1v) is 7.02. The Kier molecular flexibility index (Phi) is 3.38. The van der Waals surface area contributed by atoms with Crippen LogP contribution in [-0.2, 0) is 0 Å². The molecule has 0 spiro atoms. The standard InChI is InChI=1S/C14H21N5/c1-10-5-13(19-14(6-10)17-9-18-19)16-8-12-4-2-3-11(12)7-15/h5-6,9,11-12,16H,2-4,7-8,15H2,1H3. The lowest BCUT2D eigenvalue weighted by molar-refractivity contribution is 0.414. The molecule has 0 radical (unpaired) electrons. The van der Waals surface area contributed by atoms with Gasteiger partial charge in [-0.05, 0) is 55.8 Å². The topological polar surface area (TPSA) is 68.2 Å². The highest BCUT2D eigenvalue weighted by Crippen LogP contribution is 2.31. The summed E-state index contributed by atoms with van der Waals surface area (Å²) < 4.78 is 1.86. The maximum absolute atomic E-state index is 5.84. The number of nitrogens with two attached hydrogens (primary N) is 1. The van der Waals surface area contributed by atoms with E-state index in [9.17, 15) is 0 Å². The van der Waals surface area contributed by atoms with Crippen LogP contribution in [-0.4, -0.2) is 27.7 Å². The highest BCUT2D eigenvalue weighted by atomic mass is 15.3. The van der Waals surface area contributed by atoms with Crippen LogP contribution in [0.2, 0.25) is 0 Å². The first kappa shape index (κ1) is 12.4. The lowest BCUT2D eigenvalue weighted by Crippen LogP contribution is -2.25. The van der Waals surface area contributed by atoms with Gasteiger partial charge < -0.3 is 11.1 Å². The molecule has 0 aliphatic heterocycles. The van der Waals surface area contributed by atoms with E-state index in [-0.39, 0.29) is 0 Å². The van der Waals surface area contributed by atoms with Crippen molar-refractivity contribution < 1.29 is 0 Å². The van der Waals surface area contributed by atoms with Crippen molar-refractivity contribution in [2.24, 2.45) is 17.6 Å². The van der Waals surface area contributed by atoms with Crippen molar-refractivity contribution in [3.63, 3.8) is 0 Å². The van der Waals surface area contributed by atoms with Crippen LogP contribution in [0.15, 0.2) is 18.5 Å². The molecule has 5 heteroatoms. The number of nitrogens with zero attached hydrogens (tertiary/aromatic N) is 3. The Bertz CT molecular complexity index is 562. The molecule has 0 bridgehead atoms. The lowest BCUT2D eigenvalue weighted by Gasteiger charge is -2.19. The van der Waals surface area contributed by atoms with E-state index in [4.69, 9.17) is 5.73 Å². The zero-order valence-electron chi connectivity index (χ0n) is 11.3. The van der Waals surface area contributed by atoms with Gasteiger partial charge in [0, 0.05) is 6.54 Å². The molecule has 0 amide bonds. The van der Waals surface area contributed by atoms with Gasteiger partial charge in [0.15, 0.2) is 5.65 Å². The zero-order valence-corrected chi connectivity index (χ0v) is 11.3. The second kappa shape index (κ2) is 5.17. The predicted molar refractivity (Wildman–Crippen MR) is 76.1 cm³/mol. The van der Waals surface area contributed by atoms with Gasteiger partial charge >= 0.3 is 0 Å². The molecule has 1 fully saturated rings. The van der Waals surface area contributed by atoms with Crippen molar-refractivity contribution in [1.29, 1.82) is 0 Å². The molecule has 3 N–H and O–H groups in total. The van der Waals surface area contributed by atoms with E-state index in [1.54, 1.807) is 6.33 Å². The third-order valence-corrected chi connectivity index (χ3v) is 4.19. The van der Waals surface area contributed by atoms with Gasteiger partial charge in [-0.3, -0.25) is 0 Å². The van der Waals surface area contributed by atoms with Crippen LogP contribution < -0.4 is 11.1 Å². The Morgan fingerprint density at radius 3 is 3.05 bits per heavy atom. The van der Waals surface area contributed by atoms with Crippen LogP contribution in [0.3, 0.4) is 0 Å². The molecule has 1 saturated carbocycles. The average Bonchev–Trinajstić information content (AvgIpc) is 3.03. The number of anilines is 1. The molecule has 2 aromatic rings. The summed E-state index contributed by atoms with van der Waals surface area (Å²) in [4.78, 5) is 4.24. The van der Waals surface area contributed by atoms with Crippen molar-refractivity contribution >= 4 is 11.5 Å². The summed E-state index contributed by atoms with van der Waals surface area (Å²) >= 11 is 0. The molecule has 1 aliphatic carbocycles. The third-order valence-electron chi connectivity index (χ3n) is 4.19. The van der Waals surface area contributed by atoms with Gasteiger partial charge in [0.05, 0.1) is 0 Å². The van der Waals surface area contributed by atoms with Gasteiger partial charge in [0.2, 0.25) is 0 Å². The summed E-state index contributed by atoms with van der Waals surface area (Å²) in [6, 6.07) is 4.16. The Balaban J connectivity index is 1.76. The minimum absolute atomic E-state index is 0.670. The molecule has 5 nitrogen and oxygen atoms in total. The molecular weight excluding hydrogens is 238 g/mol. The second-order valence-electron chi connectivity index (χ2n) is 5.52. The Hall–Kier alpha value is -1.62. The summed E-state index contributed by atoms with van der Waals surface area (Å²) in [5, 5.41) is 7.79. The quantitative estimate of drug-likeness (QED) is 0.879. The predicted octanol–water partition coefficient (Wildman–Crippen LogP) is 1.82. The van der Waals surface area contributed by atoms with Gasteiger partial charge in [-0.15, -0.1) is 0 Å². The van der Waals surface area contributed by atoms with E-state index >= 15 is 0 Å². The monoisotopic (exact) mass is 259 g/mol. The van der Waals surface area contributed by atoms with Gasteiger partial charge in [0.25, 0.3) is 0 Å². The summed E-state index contributed by atoms with van der Waals surface area (Å²) in [5.41, 5.74) is 7.93. The van der Waals surface area contributed by atoms with Crippen LogP contribution >= 0.6 is 0 Å². The summed E-state index contributed by atoms with van der Waals surface area (Å²) in [7, 11) is 0. The molecule has 19 heavy (non-hydrogen) atoms. The van der Waals surface area contributed by atoms with Crippen molar-refractivity contribution in [1.82, 2.24) is 14.6 Å². The fourth-order valence-electron chi connectivity index (χ4n) is 3.11. The number of rotatable bonds is 4. The molecule has 1 aliphatic rings. The number of pyridine rings is 1. The Morgan fingerprint density at radius 2 is 2.21 bits per heavy atom. The fraction of sp³-hybridized carbons (Fsp3) is 0.571. The summed E-state index contributed by atoms with van der Waals surface area (Å²) in [6.07, 6.45) is 5.45. The van der Waals surface area contributed by atoms with E-state index < -0.39 is 0 Å². The van der Waals surface area contributed by atoms with E-state index in [1.165, 1.54) is 24.8 Å². The van der Waals surface area contributed by atoms with Crippen LogP contribution in [0.5, 0.6) is 0 Å². The summed E-state index contributed by atoms with van der Waals surface area (Å²) in [6.45, 7) is 3.86. The Morgan fingerprint density at radius 1 is 1.37 bits per heavy atom. The lowest BCUT2D eigenvalue weighted by atomic mass is 9.96. The number of hydrogen-bond donors (Lipinski definition) is 2. The normalized spacial score (nSPS) is 23.1. The highest BCUT2D eigenvalue weighted by molar-refractivity contribution is 5.51. The van der Waals surface area contributed by atoms with E-state index in [0.717, 1.165) is 24.6 Å². The first-order valence-electron chi connectivity index (χ1n) is 7.02. The number of fused-ring (bicyclic) bond motifs is 1. The average molecular weight is 259 g/mol. The molecule has 2 unspecified atom stereocenters. The molecular formula is C14H21N5.